The molecule has 4 fully saturated rings. The lowest BCUT2D eigenvalue weighted by Gasteiger charge is -2.46. The number of piperazine rings is 1. The molecule has 0 aromatic heterocycles. The lowest BCUT2D eigenvalue weighted by atomic mass is 9.78. The van der Waals surface area contributed by atoms with E-state index in [2.05, 4.69) is 56.9 Å². The topological polar surface area (TPSA) is 107 Å². The number of fused-ring (bicyclic) bond motifs is 5. The van der Waals surface area contributed by atoms with Crippen LogP contribution in [0.15, 0.2) is 60.8 Å². The van der Waals surface area contributed by atoms with Crippen LogP contribution in [0, 0.1) is 5.92 Å². The number of hydrogen-bond acceptors (Lipinski definition) is 9. The molecule has 7 aliphatic rings. The Morgan fingerprint density at radius 1 is 0.946 bits per heavy atom. The van der Waals surface area contributed by atoms with Crippen LogP contribution in [0.5, 0.6) is 17.2 Å². The number of benzene rings is 3. The van der Waals surface area contributed by atoms with Crippen molar-refractivity contribution in [2.24, 2.45) is 5.92 Å². The van der Waals surface area contributed by atoms with E-state index in [4.69, 9.17) is 14.2 Å². The third-order valence-electron chi connectivity index (χ3n) is 13.9. The second kappa shape index (κ2) is 14.0. The lowest BCUT2D eigenvalue weighted by Crippen LogP contribution is -2.58. The molecule has 6 heterocycles. The van der Waals surface area contributed by atoms with Crippen LogP contribution in [0.2, 0.25) is 0 Å². The van der Waals surface area contributed by atoms with Gasteiger partial charge in [0.1, 0.15) is 29.9 Å². The number of aryl methyl sites for hydroxylation is 1. The normalized spacial score (nSPS) is 27.0. The van der Waals surface area contributed by atoms with E-state index in [1.807, 2.05) is 18.2 Å². The number of methoxy groups -OCH3 is 1. The first-order valence-electron chi connectivity index (χ1n) is 20.7. The molecule has 10 rings (SSSR count). The molecule has 11 heteroatoms. The van der Waals surface area contributed by atoms with Crippen LogP contribution in [0.25, 0.3) is 0 Å². The summed E-state index contributed by atoms with van der Waals surface area (Å²) in [5.41, 5.74) is 8.36. The first-order valence-corrected chi connectivity index (χ1v) is 20.7. The van der Waals surface area contributed by atoms with Crippen molar-refractivity contribution >= 4 is 23.2 Å². The first kappa shape index (κ1) is 35.7. The third-order valence-corrected chi connectivity index (χ3v) is 13.9. The summed E-state index contributed by atoms with van der Waals surface area (Å²) in [5, 5.41) is 12.9. The Morgan fingerprint density at radius 2 is 1.80 bits per heavy atom. The average Bonchev–Trinajstić information content (AvgIpc) is 3.75. The fraction of sp³-hybridized carbons (Fsp3) is 0.511. The van der Waals surface area contributed by atoms with Crippen molar-refractivity contribution in [3.8, 4) is 17.2 Å². The number of phenolic OH excluding ortho intramolecular Hbond substituents is 1. The predicted molar refractivity (Wildman–Crippen MR) is 214 cm³/mol. The summed E-state index contributed by atoms with van der Waals surface area (Å²) in [7, 11) is 1.78. The number of piperidine rings is 2. The zero-order valence-electron chi connectivity index (χ0n) is 32.4. The number of hydrogen-bond donors (Lipinski definition) is 2. The summed E-state index contributed by atoms with van der Waals surface area (Å²) >= 11 is 0. The van der Waals surface area contributed by atoms with E-state index in [1.54, 1.807) is 12.0 Å². The molecule has 3 aromatic carbocycles. The predicted octanol–water partition coefficient (Wildman–Crippen LogP) is 5.58. The summed E-state index contributed by atoms with van der Waals surface area (Å²) in [6, 6.07) is 16.4. The molecule has 2 N–H and O–H groups in total. The number of carbonyl (C=O) groups excluding carboxylic acids is 2. The van der Waals surface area contributed by atoms with Gasteiger partial charge in [-0.15, -0.1) is 0 Å². The average molecular weight is 760 g/mol. The van der Waals surface area contributed by atoms with Gasteiger partial charge < -0.3 is 39.3 Å². The molecule has 11 nitrogen and oxygen atoms in total. The van der Waals surface area contributed by atoms with Gasteiger partial charge in [-0.1, -0.05) is 18.7 Å². The third kappa shape index (κ3) is 6.27. The first-order chi connectivity index (χ1) is 27.2. The number of amides is 2. The molecular formula is C45H53N5O6. The number of nitrogens with one attached hydrogen (secondary N) is 1. The molecule has 1 spiro atoms. The highest BCUT2D eigenvalue weighted by Gasteiger charge is 2.45. The van der Waals surface area contributed by atoms with E-state index >= 15 is 0 Å². The van der Waals surface area contributed by atoms with Crippen molar-refractivity contribution in [1.29, 1.82) is 0 Å². The highest BCUT2D eigenvalue weighted by Crippen LogP contribution is 2.45. The summed E-state index contributed by atoms with van der Waals surface area (Å²) in [6.45, 7) is 11.6. The summed E-state index contributed by atoms with van der Waals surface area (Å²) in [5.74, 6) is 2.62. The van der Waals surface area contributed by atoms with Crippen LogP contribution >= 0.6 is 0 Å². The van der Waals surface area contributed by atoms with E-state index in [1.165, 1.54) is 22.4 Å². The number of anilines is 2. The Bertz CT molecular complexity index is 2080. The second-order valence-electron chi connectivity index (χ2n) is 17.3. The molecule has 3 aromatic rings. The maximum absolute atomic E-state index is 13.4. The van der Waals surface area contributed by atoms with Crippen molar-refractivity contribution in [2.75, 3.05) is 69.4 Å². The minimum atomic E-state index is -0.466. The Hall–Kier alpha value is -4.74. The summed E-state index contributed by atoms with van der Waals surface area (Å²) in [4.78, 5) is 35.5. The van der Waals surface area contributed by atoms with Crippen molar-refractivity contribution < 1.29 is 28.9 Å². The molecule has 4 atom stereocenters. The maximum Gasteiger partial charge on any atom is 0.255 e. The quantitative estimate of drug-likeness (QED) is 0.334. The van der Waals surface area contributed by atoms with Gasteiger partial charge in [0, 0.05) is 80.3 Å². The Labute approximate surface area is 329 Å². The summed E-state index contributed by atoms with van der Waals surface area (Å²) in [6.07, 6.45) is 7.65. The van der Waals surface area contributed by atoms with Gasteiger partial charge >= 0.3 is 0 Å². The van der Waals surface area contributed by atoms with Gasteiger partial charge in [0.15, 0.2) is 0 Å². The van der Waals surface area contributed by atoms with Crippen LogP contribution in [-0.4, -0.2) is 104 Å². The van der Waals surface area contributed by atoms with Crippen molar-refractivity contribution in [3.05, 3.63) is 88.6 Å². The Kier molecular flexibility index (Phi) is 8.93. The van der Waals surface area contributed by atoms with Gasteiger partial charge in [-0.2, -0.15) is 0 Å². The molecule has 2 unspecified atom stereocenters. The van der Waals surface area contributed by atoms with Crippen molar-refractivity contribution in [3.63, 3.8) is 0 Å². The highest BCUT2D eigenvalue weighted by molar-refractivity contribution is 6.02. The van der Waals surface area contributed by atoms with Gasteiger partial charge in [0.25, 0.3) is 5.91 Å². The van der Waals surface area contributed by atoms with E-state index in [0.29, 0.717) is 43.2 Å². The van der Waals surface area contributed by atoms with Crippen LogP contribution in [0.4, 0.5) is 11.4 Å². The van der Waals surface area contributed by atoms with Crippen molar-refractivity contribution in [1.82, 2.24) is 15.1 Å². The molecule has 2 amide bonds. The molecule has 0 saturated carbocycles. The van der Waals surface area contributed by atoms with Crippen LogP contribution in [0.3, 0.4) is 0 Å². The minimum absolute atomic E-state index is 0.0464. The molecule has 0 radical (unpaired) electrons. The molecule has 6 aliphatic heterocycles. The fourth-order valence-electron chi connectivity index (χ4n) is 11.0. The van der Waals surface area contributed by atoms with Crippen LogP contribution in [0.1, 0.15) is 83.5 Å². The number of aromatic hydroxyl groups is 1. The fourth-order valence-corrected chi connectivity index (χ4v) is 11.0. The maximum atomic E-state index is 13.4. The van der Waals surface area contributed by atoms with Crippen molar-refractivity contribution in [2.45, 2.75) is 81.5 Å². The molecule has 1 aliphatic carbocycles. The minimum Gasteiger partial charge on any atom is -0.508 e. The highest BCUT2D eigenvalue weighted by atomic mass is 16.5. The van der Waals surface area contributed by atoms with Gasteiger partial charge in [0.2, 0.25) is 5.91 Å². The van der Waals surface area contributed by atoms with E-state index in [0.717, 1.165) is 113 Å². The number of nitrogens with zero attached hydrogens (tertiary/aromatic N) is 4. The standard InChI is InChI=1S/C45H53N5O6/c1-28-6-11-39(43(52)46-28)50-24-31-19-40-42(21-38(31)44(50)53)55-27-33-25-47(16-17-49(33)40)23-29-22-45(56-26-29)12-14-48(15-13-45)32-7-9-37(41(20-32)54-2)36-5-3-4-30-18-34(51)8-10-35(30)36/h7-10,18-21,29,33,36,39,51H,1,3-6,11-17,22-27H2,2H3,(H,46,52)/t29?,33?,36-,39+/m1/s1. The number of ether oxygens (including phenoxy) is 3. The molecule has 0 bridgehead atoms. The second-order valence-corrected chi connectivity index (χ2v) is 17.3. The lowest BCUT2D eigenvalue weighted by molar-refractivity contribution is -0.126. The zero-order chi connectivity index (χ0) is 38.1. The van der Waals surface area contributed by atoms with E-state index in [9.17, 15) is 14.7 Å². The van der Waals surface area contributed by atoms with Gasteiger partial charge in [-0.05, 0) is 104 Å². The number of allylic oxidation sites excluding steroid dienone is 1. The smallest absolute Gasteiger partial charge is 0.255 e. The van der Waals surface area contributed by atoms with E-state index in [-0.39, 0.29) is 29.4 Å². The van der Waals surface area contributed by atoms with Gasteiger partial charge in [0.05, 0.1) is 31.0 Å². The Balaban J connectivity index is 0.741. The van der Waals surface area contributed by atoms with Gasteiger partial charge in [-0.3, -0.25) is 14.5 Å². The number of rotatable bonds is 6. The SMILES string of the molecule is C=C1CC[C@H](N2Cc3cc4c(cc3C2=O)OCC2CN(CC3COC5(CCN(c6ccc([C@@H]7CCCc8cc(O)ccc87)c(OC)c6)CC5)C3)CCN42)C(=O)N1. The van der Waals surface area contributed by atoms with Crippen LogP contribution < -0.4 is 24.6 Å². The van der Waals surface area contributed by atoms with E-state index < -0.39 is 6.04 Å². The molecular weight excluding hydrogens is 707 g/mol. The van der Waals surface area contributed by atoms with Gasteiger partial charge in [-0.25, -0.2) is 0 Å². The van der Waals surface area contributed by atoms with Crippen LogP contribution in [-0.2, 0) is 22.5 Å². The molecule has 294 valence electrons. The molecule has 4 saturated heterocycles. The largest absolute Gasteiger partial charge is 0.508 e. The number of carbonyl (C=O) groups is 2. The number of phenols is 1. The summed E-state index contributed by atoms with van der Waals surface area (Å²) < 4.78 is 19.0. The molecule has 56 heavy (non-hydrogen) atoms. The monoisotopic (exact) mass is 759 g/mol. The Morgan fingerprint density at radius 3 is 2.64 bits per heavy atom. The zero-order valence-corrected chi connectivity index (χ0v) is 32.4.